The van der Waals surface area contributed by atoms with Gasteiger partial charge in [-0.15, -0.1) is 11.3 Å². The van der Waals surface area contributed by atoms with Gasteiger partial charge in [0, 0.05) is 7.05 Å². The molecule has 0 saturated heterocycles. The molecule has 0 spiro atoms. The van der Waals surface area contributed by atoms with Gasteiger partial charge in [-0.1, -0.05) is 0 Å². The van der Waals surface area contributed by atoms with Gasteiger partial charge in [-0.2, -0.15) is 0 Å². The molecule has 0 fully saturated rings. The Labute approximate surface area is 98.0 Å². The summed E-state index contributed by atoms with van der Waals surface area (Å²) in [6.07, 6.45) is 0. The summed E-state index contributed by atoms with van der Waals surface area (Å²) in [6.45, 7) is 1.99. The Bertz CT molecular complexity index is 351. The molecule has 1 rings (SSSR count). The molecule has 16 heavy (non-hydrogen) atoms. The number of carbonyl (C=O) groups is 2. The molecule has 0 bridgehead atoms. The molecule has 0 saturated carbocycles. The van der Waals surface area contributed by atoms with E-state index in [0.29, 0.717) is 6.61 Å². The molecule has 1 N–H and O–H groups in total. The van der Waals surface area contributed by atoms with Crippen molar-refractivity contribution in [3.8, 4) is 0 Å². The van der Waals surface area contributed by atoms with E-state index in [4.69, 9.17) is 4.74 Å². The van der Waals surface area contributed by atoms with Crippen LogP contribution in [-0.4, -0.2) is 37.1 Å². The topological polar surface area (TPSA) is 58.6 Å². The summed E-state index contributed by atoms with van der Waals surface area (Å²) in [6, 6.07) is 3.31. The van der Waals surface area contributed by atoms with Crippen LogP contribution >= 0.6 is 11.3 Å². The number of hydrogen-bond donors (Lipinski definition) is 1. The minimum absolute atomic E-state index is 0.0505. The molecule has 0 atom stereocenters. The zero-order valence-electron chi connectivity index (χ0n) is 9.23. The van der Waals surface area contributed by atoms with E-state index < -0.39 is 5.97 Å². The number of nitrogens with one attached hydrogen (secondary N) is 1. The van der Waals surface area contributed by atoms with Crippen molar-refractivity contribution in [3.05, 3.63) is 17.5 Å². The van der Waals surface area contributed by atoms with Gasteiger partial charge in [0.2, 0.25) is 0 Å². The SMILES string of the molecule is CCOC(=O)CN(C)C(=O)Nc1cccs1. The summed E-state index contributed by atoms with van der Waals surface area (Å²) >= 11 is 1.42. The van der Waals surface area contributed by atoms with E-state index in [2.05, 4.69) is 5.32 Å². The van der Waals surface area contributed by atoms with Crippen LogP contribution in [0.5, 0.6) is 0 Å². The lowest BCUT2D eigenvalue weighted by Gasteiger charge is -2.15. The first-order chi connectivity index (χ1) is 7.63. The second-order valence-corrected chi connectivity index (χ2v) is 4.02. The number of rotatable bonds is 4. The van der Waals surface area contributed by atoms with Crippen LogP contribution in [0.25, 0.3) is 0 Å². The van der Waals surface area contributed by atoms with Gasteiger partial charge in [-0.25, -0.2) is 4.79 Å². The predicted octanol–water partition coefficient (Wildman–Crippen LogP) is 1.77. The predicted molar refractivity (Wildman–Crippen MR) is 62.6 cm³/mol. The molecule has 88 valence electrons. The van der Waals surface area contributed by atoms with E-state index in [0.717, 1.165) is 5.00 Å². The summed E-state index contributed by atoms with van der Waals surface area (Å²) in [7, 11) is 1.54. The number of amides is 2. The first kappa shape index (κ1) is 12.5. The first-order valence-electron chi connectivity index (χ1n) is 4.84. The summed E-state index contributed by atoms with van der Waals surface area (Å²) in [5, 5.41) is 5.28. The maximum absolute atomic E-state index is 11.6. The Morgan fingerprint density at radius 1 is 1.56 bits per heavy atom. The Hall–Kier alpha value is -1.56. The van der Waals surface area contributed by atoms with Crippen molar-refractivity contribution in [2.75, 3.05) is 25.5 Å². The van der Waals surface area contributed by atoms with Gasteiger partial charge in [0.25, 0.3) is 0 Å². The van der Waals surface area contributed by atoms with Gasteiger partial charge in [-0.3, -0.25) is 10.1 Å². The number of urea groups is 1. The minimum atomic E-state index is -0.411. The number of nitrogens with zero attached hydrogens (tertiary/aromatic N) is 1. The van der Waals surface area contributed by atoms with Gasteiger partial charge in [0.05, 0.1) is 11.6 Å². The monoisotopic (exact) mass is 242 g/mol. The molecule has 2 amide bonds. The van der Waals surface area contributed by atoms with Crippen LogP contribution < -0.4 is 5.32 Å². The maximum Gasteiger partial charge on any atom is 0.325 e. The van der Waals surface area contributed by atoms with E-state index in [1.807, 2.05) is 11.4 Å². The molecule has 1 heterocycles. The Morgan fingerprint density at radius 2 is 2.31 bits per heavy atom. The van der Waals surface area contributed by atoms with E-state index in [1.54, 1.807) is 20.0 Å². The number of thiophene rings is 1. The van der Waals surface area contributed by atoms with E-state index in [9.17, 15) is 9.59 Å². The van der Waals surface area contributed by atoms with Crippen molar-refractivity contribution >= 4 is 28.3 Å². The number of anilines is 1. The lowest BCUT2D eigenvalue weighted by atomic mass is 10.5. The molecule has 0 unspecified atom stereocenters. The van der Waals surface area contributed by atoms with Crippen molar-refractivity contribution in [1.29, 1.82) is 0 Å². The Balaban J connectivity index is 2.39. The summed E-state index contributed by atoms with van der Waals surface area (Å²) in [5.41, 5.74) is 0. The number of esters is 1. The fourth-order valence-corrected chi connectivity index (χ4v) is 1.63. The molecule has 0 aromatic carbocycles. The third-order valence-corrected chi connectivity index (χ3v) is 2.55. The standard InChI is InChI=1S/C10H14N2O3S/c1-3-15-9(13)7-12(2)10(14)11-8-5-4-6-16-8/h4-6H,3,7H2,1-2H3,(H,11,14). The highest BCUT2D eigenvalue weighted by Crippen LogP contribution is 2.15. The van der Waals surface area contributed by atoms with Crippen LogP contribution in [0.3, 0.4) is 0 Å². The Morgan fingerprint density at radius 3 is 2.88 bits per heavy atom. The number of likely N-dealkylation sites (N-methyl/N-ethyl adjacent to an activating group) is 1. The maximum atomic E-state index is 11.6. The zero-order valence-corrected chi connectivity index (χ0v) is 10.0. The third kappa shape index (κ3) is 3.90. The molecule has 0 aliphatic carbocycles. The van der Waals surface area contributed by atoms with Crippen molar-refractivity contribution in [1.82, 2.24) is 4.90 Å². The molecule has 6 heteroatoms. The van der Waals surface area contributed by atoms with Gasteiger partial charge < -0.3 is 9.64 Å². The van der Waals surface area contributed by atoms with Gasteiger partial charge in [0.15, 0.2) is 0 Å². The lowest BCUT2D eigenvalue weighted by Crippen LogP contribution is -2.36. The van der Waals surface area contributed by atoms with Crippen LogP contribution in [0.4, 0.5) is 9.80 Å². The third-order valence-electron chi connectivity index (χ3n) is 1.77. The highest BCUT2D eigenvalue weighted by molar-refractivity contribution is 7.14. The van der Waals surface area contributed by atoms with Crippen LogP contribution in [-0.2, 0) is 9.53 Å². The van der Waals surface area contributed by atoms with Crippen molar-refractivity contribution in [2.45, 2.75) is 6.92 Å². The average molecular weight is 242 g/mol. The quantitative estimate of drug-likeness (QED) is 0.819. The number of ether oxygens (including phenoxy) is 1. The normalized spacial score (nSPS) is 9.62. The highest BCUT2D eigenvalue weighted by atomic mass is 32.1. The van der Waals surface area contributed by atoms with Crippen LogP contribution in [0.15, 0.2) is 17.5 Å². The average Bonchev–Trinajstić information content (AvgIpc) is 2.70. The largest absolute Gasteiger partial charge is 0.465 e. The van der Waals surface area contributed by atoms with Crippen LogP contribution in [0, 0.1) is 0 Å². The molecule has 1 aromatic rings. The van der Waals surface area contributed by atoms with Crippen molar-refractivity contribution in [2.24, 2.45) is 0 Å². The molecule has 5 nitrogen and oxygen atoms in total. The first-order valence-corrected chi connectivity index (χ1v) is 5.72. The molecule has 0 aliphatic heterocycles. The second-order valence-electron chi connectivity index (χ2n) is 3.07. The molecule has 0 aliphatic rings. The lowest BCUT2D eigenvalue weighted by molar-refractivity contribution is -0.143. The molecular weight excluding hydrogens is 228 g/mol. The fourth-order valence-electron chi connectivity index (χ4n) is 1.02. The van der Waals surface area contributed by atoms with E-state index >= 15 is 0 Å². The van der Waals surface area contributed by atoms with E-state index in [1.165, 1.54) is 16.2 Å². The smallest absolute Gasteiger partial charge is 0.325 e. The highest BCUT2D eigenvalue weighted by Gasteiger charge is 2.13. The van der Waals surface area contributed by atoms with Crippen molar-refractivity contribution in [3.63, 3.8) is 0 Å². The zero-order chi connectivity index (χ0) is 12.0. The fraction of sp³-hybridized carbons (Fsp3) is 0.400. The summed E-state index contributed by atoms with van der Waals surface area (Å²) in [4.78, 5) is 24.0. The molecule has 0 radical (unpaired) electrons. The molecular formula is C10H14N2O3S. The number of carbonyl (C=O) groups excluding carboxylic acids is 2. The molecule has 1 aromatic heterocycles. The number of hydrogen-bond acceptors (Lipinski definition) is 4. The van der Waals surface area contributed by atoms with E-state index in [-0.39, 0.29) is 12.6 Å². The second kappa shape index (κ2) is 6.12. The van der Waals surface area contributed by atoms with Gasteiger partial charge in [-0.05, 0) is 24.4 Å². The minimum Gasteiger partial charge on any atom is -0.465 e. The Kier molecular flexibility index (Phi) is 4.78. The van der Waals surface area contributed by atoms with Gasteiger partial charge >= 0.3 is 12.0 Å². The summed E-state index contributed by atoms with van der Waals surface area (Å²) < 4.78 is 4.74. The van der Waals surface area contributed by atoms with Gasteiger partial charge in [0.1, 0.15) is 6.54 Å². The van der Waals surface area contributed by atoms with Crippen molar-refractivity contribution < 1.29 is 14.3 Å². The van der Waals surface area contributed by atoms with Crippen LogP contribution in [0.2, 0.25) is 0 Å². The van der Waals surface area contributed by atoms with Crippen LogP contribution in [0.1, 0.15) is 6.92 Å². The summed E-state index contributed by atoms with van der Waals surface area (Å²) in [5.74, 6) is -0.411.